The quantitative estimate of drug-likeness (QED) is 0.896. The second kappa shape index (κ2) is 4.92. The summed E-state index contributed by atoms with van der Waals surface area (Å²) in [6, 6.07) is -0.0221. The zero-order chi connectivity index (χ0) is 14.4. The van der Waals surface area contributed by atoms with E-state index in [0.29, 0.717) is 23.0 Å². The van der Waals surface area contributed by atoms with Gasteiger partial charge in [0, 0.05) is 18.7 Å². The van der Waals surface area contributed by atoms with Gasteiger partial charge in [-0.05, 0) is 39.5 Å². The predicted octanol–water partition coefficient (Wildman–Crippen LogP) is 1.81. The van der Waals surface area contributed by atoms with E-state index >= 15 is 0 Å². The van der Waals surface area contributed by atoms with E-state index < -0.39 is 10.0 Å². The molecule has 6 heteroatoms. The highest BCUT2D eigenvalue weighted by Gasteiger charge is 2.38. The zero-order valence-corrected chi connectivity index (χ0v) is 12.6. The van der Waals surface area contributed by atoms with Gasteiger partial charge in [-0.25, -0.2) is 8.42 Å². The number of aliphatic hydroxyl groups excluding tert-OH is 1. The van der Waals surface area contributed by atoms with Gasteiger partial charge in [-0.15, -0.1) is 0 Å². The number of furan rings is 1. The maximum Gasteiger partial charge on any atom is 0.246 e. The average molecular weight is 287 g/mol. The van der Waals surface area contributed by atoms with Crippen molar-refractivity contribution in [3.05, 3.63) is 17.1 Å². The van der Waals surface area contributed by atoms with Crippen LogP contribution in [-0.4, -0.2) is 30.9 Å². The van der Waals surface area contributed by atoms with Gasteiger partial charge in [0.25, 0.3) is 0 Å². The Hall–Kier alpha value is -0.850. The maximum absolute atomic E-state index is 12.7. The lowest BCUT2D eigenvalue weighted by Gasteiger charge is -2.24. The van der Waals surface area contributed by atoms with Crippen LogP contribution in [0.3, 0.4) is 0 Å². The Kier molecular flexibility index (Phi) is 3.77. The summed E-state index contributed by atoms with van der Waals surface area (Å²) in [5, 5.41) is 9.37. The topological polar surface area (TPSA) is 70.8 Å². The molecule has 1 N–H and O–H groups in total. The van der Waals surface area contributed by atoms with E-state index in [1.165, 1.54) is 4.31 Å². The van der Waals surface area contributed by atoms with Crippen LogP contribution < -0.4 is 0 Å². The van der Waals surface area contributed by atoms with E-state index in [2.05, 4.69) is 0 Å². The molecule has 19 heavy (non-hydrogen) atoms. The Labute approximate surface area is 114 Å². The summed E-state index contributed by atoms with van der Waals surface area (Å²) < 4.78 is 32.1. The van der Waals surface area contributed by atoms with Crippen molar-refractivity contribution in [3.63, 3.8) is 0 Å². The van der Waals surface area contributed by atoms with Crippen LogP contribution >= 0.6 is 0 Å². The third-order valence-electron chi connectivity index (χ3n) is 4.00. The van der Waals surface area contributed by atoms with E-state index in [9.17, 15) is 13.5 Å². The van der Waals surface area contributed by atoms with Crippen molar-refractivity contribution in [2.45, 2.75) is 51.2 Å². The van der Waals surface area contributed by atoms with Gasteiger partial charge < -0.3 is 9.52 Å². The Bertz CT molecular complexity index is 572. The molecule has 1 unspecified atom stereocenters. The molecule has 2 rings (SSSR count). The molecule has 0 amide bonds. The van der Waals surface area contributed by atoms with Crippen LogP contribution in [0, 0.1) is 19.8 Å². The molecule has 0 radical (unpaired) electrons. The van der Waals surface area contributed by atoms with Crippen LogP contribution in [0.25, 0.3) is 0 Å². The molecule has 1 saturated carbocycles. The van der Waals surface area contributed by atoms with Gasteiger partial charge in [-0.2, -0.15) is 4.31 Å². The van der Waals surface area contributed by atoms with E-state index in [4.69, 9.17) is 4.42 Å². The number of aryl methyl sites for hydroxylation is 2. The Balaban J connectivity index is 2.44. The maximum atomic E-state index is 12.7. The lowest BCUT2D eigenvalue weighted by atomic mass is 10.2. The Morgan fingerprint density at radius 2 is 1.95 bits per heavy atom. The molecule has 1 heterocycles. The largest absolute Gasteiger partial charge is 0.465 e. The molecule has 0 saturated heterocycles. The second-order valence-corrected chi connectivity index (χ2v) is 7.21. The van der Waals surface area contributed by atoms with E-state index in [1.807, 2.05) is 6.92 Å². The molecular formula is C13H21NO4S. The minimum absolute atomic E-state index is 0.0221. The molecule has 1 aromatic rings. The fourth-order valence-electron chi connectivity index (χ4n) is 2.47. The normalized spacial score (nSPS) is 18.0. The zero-order valence-electron chi connectivity index (χ0n) is 11.8. The second-order valence-electron chi connectivity index (χ2n) is 5.28. The summed E-state index contributed by atoms with van der Waals surface area (Å²) in [6.45, 7) is 4.88. The first-order valence-corrected chi connectivity index (χ1v) is 7.92. The van der Waals surface area contributed by atoms with Crippen LogP contribution in [0.4, 0.5) is 0 Å². The molecular weight excluding hydrogens is 266 g/mol. The number of hydrogen-bond donors (Lipinski definition) is 1. The number of rotatable bonds is 5. The van der Waals surface area contributed by atoms with Gasteiger partial charge in [-0.1, -0.05) is 0 Å². The first-order valence-electron chi connectivity index (χ1n) is 6.48. The van der Waals surface area contributed by atoms with Crippen molar-refractivity contribution in [1.82, 2.24) is 4.31 Å². The van der Waals surface area contributed by atoms with Crippen molar-refractivity contribution < 1.29 is 17.9 Å². The third kappa shape index (κ3) is 2.44. The van der Waals surface area contributed by atoms with Gasteiger partial charge in [-0.3, -0.25) is 0 Å². The summed E-state index contributed by atoms with van der Waals surface area (Å²) in [5.74, 6) is 1.26. The van der Waals surface area contributed by atoms with E-state index in [-0.39, 0.29) is 17.5 Å². The lowest BCUT2D eigenvalue weighted by Crippen LogP contribution is -2.37. The van der Waals surface area contributed by atoms with Crippen molar-refractivity contribution >= 4 is 10.0 Å². The predicted molar refractivity (Wildman–Crippen MR) is 71.2 cm³/mol. The van der Waals surface area contributed by atoms with Crippen LogP contribution in [-0.2, 0) is 16.6 Å². The average Bonchev–Trinajstić information content (AvgIpc) is 3.13. The van der Waals surface area contributed by atoms with Crippen LogP contribution in [0.1, 0.15) is 36.8 Å². The summed E-state index contributed by atoms with van der Waals surface area (Å²) in [6.07, 6.45) is 2.16. The van der Waals surface area contributed by atoms with Crippen molar-refractivity contribution in [3.8, 4) is 0 Å². The van der Waals surface area contributed by atoms with Gasteiger partial charge >= 0.3 is 0 Å². The monoisotopic (exact) mass is 287 g/mol. The van der Waals surface area contributed by atoms with Gasteiger partial charge in [0.2, 0.25) is 10.0 Å². The lowest BCUT2D eigenvalue weighted by molar-refractivity contribution is 0.275. The summed E-state index contributed by atoms with van der Waals surface area (Å²) in [5.41, 5.74) is 0.368. The summed E-state index contributed by atoms with van der Waals surface area (Å²) >= 11 is 0. The van der Waals surface area contributed by atoms with Gasteiger partial charge in [0.1, 0.15) is 16.4 Å². The SMILES string of the molecule is Cc1oc(C)c(S(=O)(=O)N(C)C(C)C2CC2)c1CO. The Morgan fingerprint density at radius 1 is 1.37 bits per heavy atom. The Morgan fingerprint density at radius 3 is 2.42 bits per heavy atom. The molecule has 1 aliphatic carbocycles. The minimum Gasteiger partial charge on any atom is -0.465 e. The number of hydrogen-bond acceptors (Lipinski definition) is 4. The summed E-state index contributed by atoms with van der Waals surface area (Å²) in [4.78, 5) is 0.127. The molecule has 0 spiro atoms. The number of nitrogens with zero attached hydrogens (tertiary/aromatic N) is 1. The molecule has 1 fully saturated rings. The standard InChI is InChI=1S/C13H21NO4S/c1-8(11-5-6-11)14(4)19(16,17)13-10(3)18-9(2)12(13)7-15/h8,11,15H,5-7H2,1-4H3. The highest BCUT2D eigenvalue weighted by Crippen LogP contribution is 2.37. The molecule has 1 atom stereocenters. The molecule has 108 valence electrons. The van der Waals surface area contributed by atoms with Crippen LogP contribution in [0.2, 0.25) is 0 Å². The molecule has 0 aromatic carbocycles. The minimum atomic E-state index is -3.62. The van der Waals surface area contributed by atoms with Gasteiger partial charge in [0.15, 0.2) is 0 Å². The summed E-state index contributed by atoms with van der Waals surface area (Å²) in [7, 11) is -2.02. The smallest absolute Gasteiger partial charge is 0.246 e. The van der Waals surface area contributed by atoms with Crippen molar-refractivity contribution in [1.29, 1.82) is 0 Å². The number of sulfonamides is 1. The van der Waals surface area contributed by atoms with Crippen molar-refractivity contribution in [2.75, 3.05) is 7.05 Å². The van der Waals surface area contributed by atoms with Crippen molar-refractivity contribution in [2.24, 2.45) is 5.92 Å². The third-order valence-corrected chi connectivity index (χ3v) is 6.14. The van der Waals surface area contributed by atoms with Gasteiger partial charge in [0.05, 0.1) is 6.61 Å². The molecule has 5 nitrogen and oxygen atoms in total. The van der Waals surface area contributed by atoms with Crippen LogP contribution in [0.5, 0.6) is 0 Å². The fraction of sp³-hybridized carbons (Fsp3) is 0.692. The molecule has 0 bridgehead atoms. The van der Waals surface area contributed by atoms with E-state index in [0.717, 1.165) is 12.8 Å². The number of aliphatic hydroxyl groups is 1. The fourth-order valence-corrected chi connectivity index (χ4v) is 4.29. The first-order chi connectivity index (χ1) is 8.80. The molecule has 1 aliphatic rings. The molecule has 0 aliphatic heterocycles. The van der Waals surface area contributed by atoms with E-state index in [1.54, 1.807) is 20.9 Å². The van der Waals surface area contributed by atoms with Crippen LogP contribution in [0.15, 0.2) is 9.31 Å². The highest BCUT2D eigenvalue weighted by molar-refractivity contribution is 7.89. The molecule has 1 aromatic heterocycles. The first kappa shape index (κ1) is 14.6. The highest BCUT2D eigenvalue weighted by atomic mass is 32.2.